The van der Waals surface area contributed by atoms with Gasteiger partial charge in [-0.25, -0.2) is 0 Å². The molecule has 0 radical (unpaired) electrons. The summed E-state index contributed by atoms with van der Waals surface area (Å²) in [5, 5.41) is 10.6. The molecule has 2 aromatic rings. The number of carbonyl (C=O) groups excluding carboxylic acids is 1. The number of aromatic nitrogens is 1. The summed E-state index contributed by atoms with van der Waals surface area (Å²) in [5.41, 5.74) is 0.817. The number of phenols is 1. The van der Waals surface area contributed by atoms with Crippen LogP contribution in [0.15, 0.2) is 24.4 Å². The molecule has 4 heteroatoms. The number of halogens is 1. The molecule has 0 aliphatic carbocycles. The van der Waals surface area contributed by atoms with E-state index in [1.165, 1.54) is 12.3 Å². The summed E-state index contributed by atoms with van der Waals surface area (Å²) in [6.45, 7) is 3.62. The van der Waals surface area contributed by atoms with Crippen LogP contribution >= 0.6 is 11.6 Å². The lowest BCUT2D eigenvalue weighted by Crippen LogP contribution is -2.08. The molecule has 17 heavy (non-hydrogen) atoms. The Labute approximate surface area is 104 Å². The van der Waals surface area contributed by atoms with Gasteiger partial charge in [0.1, 0.15) is 11.3 Å². The standard InChI is InChI=1S/C13H12ClNO2/c1-7(2)13(17)9-6-15-12-8(11(9)14)4-3-5-10(12)16/h3-7,16H,1-2H3. The fraction of sp³-hybridized carbons (Fsp3) is 0.231. The Hall–Kier alpha value is -1.61. The van der Waals surface area contributed by atoms with E-state index in [9.17, 15) is 9.90 Å². The minimum absolute atomic E-state index is 0.0484. The number of nitrogens with zero attached hydrogens (tertiary/aromatic N) is 1. The Kier molecular flexibility index (Phi) is 3.03. The van der Waals surface area contributed by atoms with Gasteiger partial charge in [0, 0.05) is 17.5 Å². The van der Waals surface area contributed by atoms with E-state index in [1.807, 2.05) is 13.8 Å². The van der Waals surface area contributed by atoms with Gasteiger partial charge in [-0.2, -0.15) is 0 Å². The van der Waals surface area contributed by atoms with Crippen LogP contribution in [0.2, 0.25) is 5.02 Å². The average molecular weight is 250 g/mol. The number of ketones is 1. The lowest BCUT2D eigenvalue weighted by molar-refractivity contribution is 0.0939. The molecule has 88 valence electrons. The maximum Gasteiger partial charge on any atom is 0.168 e. The molecule has 0 bridgehead atoms. The monoisotopic (exact) mass is 249 g/mol. The number of carbonyl (C=O) groups is 1. The second-order valence-corrected chi connectivity index (χ2v) is 4.56. The Bertz CT molecular complexity index is 593. The third-order valence-corrected chi connectivity index (χ3v) is 3.01. The average Bonchev–Trinajstić information content (AvgIpc) is 2.30. The van der Waals surface area contributed by atoms with Crippen molar-refractivity contribution >= 4 is 28.3 Å². The zero-order valence-electron chi connectivity index (χ0n) is 9.57. The fourth-order valence-electron chi connectivity index (χ4n) is 1.66. The van der Waals surface area contributed by atoms with E-state index in [0.29, 0.717) is 21.5 Å². The van der Waals surface area contributed by atoms with Gasteiger partial charge in [-0.05, 0) is 6.07 Å². The molecule has 1 aromatic heterocycles. The molecule has 0 fully saturated rings. The van der Waals surface area contributed by atoms with E-state index in [2.05, 4.69) is 4.98 Å². The van der Waals surface area contributed by atoms with Crippen molar-refractivity contribution in [1.82, 2.24) is 4.98 Å². The Morgan fingerprint density at radius 1 is 1.41 bits per heavy atom. The first-order valence-electron chi connectivity index (χ1n) is 5.32. The molecule has 0 atom stereocenters. The zero-order chi connectivity index (χ0) is 12.6. The molecule has 2 rings (SSSR count). The summed E-state index contributed by atoms with van der Waals surface area (Å²) >= 11 is 6.18. The number of hydrogen-bond donors (Lipinski definition) is 1. The highest BCUT2D eigenvalue weighted by Gasteiger charge is 2.17. The highest BCUT2D eigenvalue weighted by Crippen LogP contribution is 2.31. The van der Waals surface area contributed by atoms with Gasteiger partial charge in [-0.3, -0.25) is 9.78 Å². The molecule has 0 aliphatic rings. The van der Waals surface area contributed by atoms with Crippen LogP contribution in [-0.2, 0) is 0 Å². The first-order chi connectivity index (χ1) is 8.02. The molecule has 1 heterocycles. The topological polar surface area (TPSA) is 50.2 Å². The molecular weight excluding hydrogens is 238 g/mol. The van der Waals surface area contributed by atoms with Gasteiger partial charge in [0.25, 0.3) is 0 Å². The smallest absolute Gasteiger partial charge is 0.168 e. The first kappa shape index (κ1) is 11.9. The SMILES string of the molecule is CC(C)C(=O)c1cnc2c(O)cccc2c1Cl. The van der Waals surface area contributed by atoms with Gasteiger partial charge in [0.05, 0.1) is 10.6 Å². The molecular formula is C13H12ClNO2. The van der Waals surface area contributed by atoms with E-state index in [4.69, 9.17) is 11.6 Å². The van der Waals surface area contributed by atoms with Gasteiger partial charge in [-0.15, -0.1) is 0 Å². The van der Waals surface area contributed by atoms with Crippen LogP contribution < -0.4 is 0 Å². The minimum atomic E-state index is -0.135. The van der Waals surface area contributed by atoms with Gasteiger partial charge in [-0.1, -0.05) is 37.6 Å². The van der Waals surface area contributed by atoms with E-state index >= 15 is 0 Å². The number of para-hydroxylation sites is 1. The van der Waals surface area contributed by atoms with Crippen molar-refractivity contribution in [2.75, 3.05) is 0 Å². The predicted molar refractivity (Wildman–Crippen MR) is 67.6 cm³/mol. The first-order valence-corrected chi connectivity index (χ1v) is 5.70. The Morgan fingerprint density at radius 3 is 2.76 bits per heavy atom. The number of aromatic hydroxyl groups is 1. The minimum Gasteiger partial charge on any atom is -0.506 e. The molecule has 0 unspecified atom stereocenters. The number of fused-ring (bicyclic) bond motifs is 1. The summed E-state index contributed by atoms with van der Waals surface area (Å²) in [7, 11) is 0. The van der Waals surface area contributed by atoms with Crippen LogP contribution in [0.5, 0.6) is 5.75 Å². The van der Waals surface area contributed by atoms with Crippen LogP contribution in [0.3, 0.4) is 0 Å². The van der Waals surface area contributed by atoms with Crippen molar-refractivity contribution < 1.29 is 9.90 Å². The summed E-state index contributed by atoms with van der Waals surface area (Å²) in [6, 6.07) is 4.95. The van der Waals surface area contributed by atoms with E-state index in [-0.39, 0.29) is 17.5 Å². The van der Waals surface area contributed by atoms with Crippen LogP contribution in [-0.4, -0.2) is 15.9 Å². The quantitative estimate of drug-likeness (QED) is 0.830. The second-order valence-electron chi connectivity index (χ2n) is 4.18. The normalized spacial score (nSPS) is 11.1. The van der Waals surface area contributed by atoms with Gasteiger partial charge < -0.3 is 5.11 Å². The van der Waals surface area contributed by atoms with Crippen LogP contribution in [0.25, 0.3) is 10.9 Å². The molecule has 1 aromatic carbocycles. The maximum absolute atomic E-state index is 11.9. The molecule has 3 nitrogen and oxygen atoms in total. The third-order valence-electron chi connectivity index (χ3n) is 2.60. The summed E-state index contributed by atoms with van der Waals surface area (Å²) < 4.78 is 0. The highest BCUT2D eigenvalue weighted by atomic mass is 35.5. The number of phenolic OH excluding ortho intramolecular Hbond substituents is 1. The molecule has 0 amide bonds. The molecule has 0 spiro atoms. The number of rotatable bonds is 2. The van der Waals surface area contributed by atoms with Crippen molar-refractivity contribution in [3.63, 3.8) is 0 Å². The lowest BCUT2D eigenvalue weighted by Gasteiger charge is -2.09. The number of pyridine rings is 1. The number of benzene rings is 1. The summed E-state index contributed by atoms with van der Waals surface area (Å²) in [5.74, 6) is -0.121. The molecule has 0 saturated carbocycles. The molecule has 1 N–H and O–H groups in total. The zero-order valence-corrected chi connectivity index (χ0v) is 10.3. The summed E-state index contributed by atoms with van der Waals surface area (Å²) in [4.78, 5) is 16.0. The van der Waals surface area contributed by atoms with E-state index < -0.39 is 0 Å². The van der Waals surface area contributed by atoms with Crippen molar-refractivity contribution in [1.29, 1.82) is 0 Å². The Morgan fingerprint density at radius 2 is 2.12 bits per heavy atom. The van der Waals surface area contributed by atoms with Gasteiger partial charge >= 0.3 is 0 Å². The van der Waals surface area contributed by atoms with Crippen molar-refractivity contribution in [3.8, 4) is 5.75 Å². The maximum atomic E-state index is 11.9. The number of hydrogen-bond acceptors (Lipinski definition) is 3. The van der Waals surface area contributed by atoms with Gasteiger partial charge in [0.15, 0.2) is 5.78 Å². The van der Waals surface area contributed by atoms with Crippen molar-refractivity contribution in [2.45, 2.75) is 13.8 Å². The van der Waals surface area contributed by atoms with Crippen molar-refractivity contribution in [3.05, 3.63) is 35.0 Å². The van der Waals surface area contributed by atoms with Crippen LogP contribution in [0.1, 0.15) is 24.2 Å². The third kappa shape index (κ3) is 1.98. The van der Waals surface area contributed by atoms with Crippen LogP contribution in [0, 0.1) is 5.92 Å². The van der Waals surface area contributed by atoms with Crippen LogP contribution in [0.4, 0.5) is 0 Å². The highest BCUT2D eigenvalue weighted by molar-refractivity contribution is 6.38. The lowest BCUT2D eigenvalue weighted by atomic mass is 10.0. The molecule has 0 saturated heterocycles. The number of Topliss-reactive ketones (excluding diaryl/α,β-unsaturated/α-hetero) is 1. The second kappa shape index (κ2) is 4.34. The van der Waals surface area contributed by atoms with Crippen molar-refractivity contribution in [2.24, 2.45) is 5.92 Å². The summed E-state index contributed by atoms with van der Waals surface area (Å²) in [6.07, 6.45) is 1.42. The van der Waals surface area contributed by atoms with Gasteiger partial charge in [0.2, 0.25) is 0 Å². The van der Waals surface area contributed by atoms with E-state index in [0.717, 1.165) is 0 Å². The largest absolute Gasteiger partial charge is 0.506 e. The fourth-order valence-corrected chi connectivity index (χ4v) is 1.95. The Balaban J connectivity index is 2.71. The molecule has 0 aliphatic heterocycles. The van der Waals surface area contributed by atoms with E-state index in [1.54, 1.807) is 12.1 Å². The predicted octanol–water partition coefficient (Wildman–Crippen LogP) is 3.43.